The van der Waals surface area contributed by atoms with Gasteiger partial charge < -0.3 is 5.32 Å². The summed E-state index contributed by atoms with van der Waals surface area (Å²) >= 11 is 6.23. The molecule has 26 heavy (non-hydrogen) atoms. The normalized spacial score (nSPS) is 16.1. The summed E-state index contributed by atoms with van der Waals surface area (Å²) in [5, 5.41) is 9.60. The van der Waals surface area contributed by atoms with E-state index in [9.17, 15) is 4.79 Å². The van der Waals surface area contributed by atoms with Crippen LogP contribution >= 0.6 is 11.6 Å². The second-order valence-electron chi connectivity index (χ2n) is 6.99. The predicted molar refractivity (Wildman–Crippen MR) is 105 cm³/mol. The Morgan fingerprint density at radius 2 is 1.92 bits per heavy atom. The molecular formula is C21H22ClN3O. The van der Waals surface area contributed by atoms with E-state index in [0.29, 0.717) is 11.1 Å². The van der Waals surface area contributed by atoms with Gasteiger partial charge in [-0.15, -0.1) is 0 Å². The summed E-state index contributed by atoms with van der Waals surface area (Å²) in [6, 6.07) is 15.6. The molecule has 3 aromatic rings. The maximum atomic E-state index is 12.8. The summed E-state index contributed by atoms with van der Waals surface area (Å²) < 4.78 is 1.82. The fourth-order valence-corrected chi connectivity index (χ4v) is 3.89. The molecule has 5 heteroatoms. The Labute approximate surface area is 158 Å². The van der Waals surface area contributed by atoms with E-state index in [1.807, 2.05) is 60.1 Å². The summed E-state index contributed by atoms with van der Waals surface area (Å²) in [4.78, 5) is 12.8. The van der Waals surface area contributed by atoms with Crippen LogP contribution in [0.4, 0.5) is 0 Å². The standard InChI is InChI=1S/C21H22ClN3O/c1-14(21(26)23-17-9-5-6-10-17)25-19-12-11-16(22)13-18(19)20(24-25)15-7-3-2-4-8-15/h2-4,7-8,11-14,17H,5-6,9-10H2,1H3,(H,23,26)/t14-/m0/s1. The number of halogens is 1. The zero-order chi connectivity index (χ0) is 18.1. The lowest BCUT2D eigenvalue weighted by atomic mass is 10.1. The number of carbonyl (C=O) groups is 1. The molecule has 134 valence electrons. The Bertz CT molecular complexity index is 929. The number of benzene rings is 2. The Morgan fingerprint density at radius 3 is 2.65 bits per heavy atom. The molecule has 1 aromatic heterocycles. The lowest BCUT2D eigenvalue weighted by Crippen LogP contribution is -2.37. The quantitative estimate of drug-likeness (QED) is 0.707. The minimum Gasteiger partial charge on any atom is -0.352 e. The van der Waals surface area contributed by atoms with E-state index in [1.54, 1.807) is 0 Å². The molecule has 1 saturated carbocycles. The number of amides is 1. The van der Waals surface area contributed by atoms with Gasteiger partial charge >= 0.3 is 0 Å². The van der Waals surface area contributed by atoms with Gasteiger partial charge in [0.2, 0.25) is 5.91 Å². The highest BCUT2D eigenvalue weighted by molar-refractivity contribution is 6.31. The van der Waals surface area contributed by atoms with Crippen LogP contribution in [0.1, 0.15) is 38.6 Å². The minimum atomic E-state index is -0.378. The number of hydrogen-bond acceptors (Lipinski definition) is 2. The molecule has 2 aromatic carbocycles. The second-order valence-corrected chi connectivity index (χ2v) is 7.42. The molecule has 0 bridgehead atoms. The zero-order valence-electron chi connectivity index (χ0n) is 14.8. The molecule has 1 atom stereocenters. The second kappa shape index (κ2) is 7.12. The highest BCUT2D eigenvalue weighted by Crippen LogP contribution is 2.32. The van der Waals surface area contributed by atoms with Crippen LogP contribution in [0, 0.1) is 0 Å². The van der Waals surface area contributed by atoms with Crippen LogP contribution in [0.3, 0.4) is 0 Å². The molecule has 0 radical (unpaired) electrons. The Balaban J connectivity index is 1.74. The largest absolute Gasteiger partial charge is 0.352 e. The third kappa shape index (κ3) is 3.21. The highest BCUT2D eigenvalue weighted by atomic mass is 35.5. The van der Waals surface area contributed by atoms with Gasteiger partial charge in [-0.05, 0) is 38.0 Å². The van der Waals surface area contributed by atoms with Crippen molar-refractivity contribution in [2.45, 2.75) is 44.7 Å². The fourth-order valence-electron chi connectivity index (χ4n) is 3.72. The van der Waals surface area contributed by atoms with E-state index in [-0.39, 0.29) is 11.9 Å². The number of hydrogen-bond donors (Lipinski definition) is 1. The SMILES string of the molecule is C[C@@H](C(=O)NC1CCCC1)n1nc(-c2ccccc2)c2cc(Cl)ccc21. The third-order valence-corrected chi connectivity index (χ3v) is 5.40. The van der Waals surface area contributed by atoms with Gasteiger partial charge in [0.1, 0.15) is 11.7 Å². The number of aromatic nitrogens is 2. The van der Waals surface area contributed by atoms with Gasteiger partial charge in [-0.25, -0.2) is 0 Å². The molecule has 0 aliphatic heterocycles. The average molecular weight is 368 g/mol. The van der Waals surface area contributed by atoms with Crippen molar-refractivity contribution in [1.29, 1.82) is 0 Å². The van der Waals surface area contributed by atoms with Gasteiger partial charge in [-0.2, -0.15) is 5.10 Å². The van der Waals surface area contributed by atoms with Crippen molar-refractivity contribution in [3.05, 3.63) is 53.6 Å². The van der Waals surface area contributed by atoms with Crippen LogP contribution in [0.2, 0.25) is 5.02 Å². The molecule has 1 heterocycles. The molecule has 1 N–H and O–H groups in total. The van der Waals surface area contributed by atoms with Crippen LogP contribution in [-0.4, -0.2) is 21.7 Å². The zero-order valence-corrected chi connectivity index (χ0v) is 15.5. The Morgan fingerprint density at radius 1 is 1.19 bits per heavy atom. The van der Waals surface area contributed by atoms with Crippen LogP contribution in [0.15, 0.2) is 48.5 Å². The van der Waals surface area contributed by atoms with Crippen molar-refractivity contribution < 1.29 is 4.79 Å². The molecule has 1 amide bonds. The van der Waals surface area contributed by atoms with E-state index in [1.165, 1.54) is 12.8 Å². The molecule has 1 aliphatic carbocycles. The highest BCUT2D eigenvalue weighted by Gasteiger charge is 2.24. The van der Waals surface area contributed by atoms with Crippen LogP contribution in [0.25, 0.3) is 22.2 Å². The van der Waals surface area contributed by atoms with Crippen molar-refractivity contribution in [2.75, 3.05) is 0 Å². The summed E-state index contributed by atoms with van der Waals surface area (Å²) in [5.41, 5.74) is 2.79. The first-order chi connectivity index (χ1) is 12.6. The first-order valence-corrected chi connectivity index (χ1v) is 9.55. The van der Waals surface area contributed by atoms with Gasteiger partial charge in [0.05, 0.1) is 5.52 Å². The van der Waals surface area contributed by atoms with E-state index in [0.717, 1.165) is 35.0 Å². The van der Waals surface area contributed by atoms with Crippen molar-refractivity contribution in [3.63, 3.8) is 0 Å². The maximum Gasteiger partial charge on any atom is 0.244 e. The van der Waals surface area contributed by atoms with Crippen LogP contribution in [0.5, 0.6) is 0 Å². The molecule has 4 nitrogen and oxygen atoms in total. The Kier molecular flexibility index (Phi) is 4.68. The van der Waals surface area contributed by atoms with Crippen LogP contribution < -0.4 is 5.32 Å². The van der Waals surface area contributed by atoms with E-state index >= 15 is 0 Å². The van der Waals surface area contributed by atoms with Gasteiger partial charge in [-0.1, -0.05) is 54.8 Å². The topological polar surface area (TPSA) is 46.9 Å². The van der Waals surface area contributed by atoms with Gasteiger partial charge in [0, 0.05) is 22.0 Å². The molecule has 0 spiro atoms. The number of rotatable bonds is 4. The van der Waals surface area contributed by atoms with Crippen molar-refractivity contribution in [2.24, 2.45) is 0 Å². The number of fused-ring (bicyclic) bond motifs is 1. The molecule has 0 unspecified atom stereocenters. The maximum absolute atomic E-state index is 12.8. The first-order valence-electron chi connectivity index (χ1n) is 9.17. The lowest BCUT2D eigenvalue weighted by molar-refractivity contribution is -0.124. The predicted octanol–water partition coefficient (Wildman–Crippen LogP) is 4.98. The summed E-state index contributed by atoms with van der Waals surface area (Å²) in [6.45, 7) is 1.90. The number of nitrogens with zero attached hydrogens (tertiary/aromatic N) is 2. The minimum absolute atomic E-state index is 0.0239. The van der Waals surface area contributed by atoms with E-state index in [2.05, 4.69) is 5.32 Å². The smallest absolute Gasteiger partial charge is 0.244 e. The fraction of sp³-hybridized carbons (Fsp3) is 0.333. The number of nitrogens with one attached hydrogen (secondary N) is 1. The Hall–Kier alpha value is -2.33. The van der Waals surface area contributed by atoms with Crippen molar-refractivity contribution in [1.82, 2.24) is 15.1 Å². The van der Waals surface area contributed by atoms with Crippen molar-refractivity contribution in [3.8, 4) is 11.3 Å². The van der Waals surface area contributed by atoms with Gasteiger partial charge in [-0.3, -0.25) is 9.48 Å². The van der Waals surface area contributed by atoms with E-state index in [4.69, 9.17) is 16.7 Å². The monoisotopic (exact) mass is 367 g/mol. The van der Waals surface area contributed by atoms with Gasteiger partial charge in [0.15, 0.2) is 0 Å². The van der Waals surface area contributed by atoms with Gasteiger partial charge in [0.25, 0.3) is 0 Å². The van der Waals surface area contributed by atoms with Crippen LogP contribution in [-0.2, 0) is 4.79 Å². The molecular weight excluding hydrogens is 346 g/mol. The molecule has 1 aliphatic rings. The molecule has 4 rings (SSSR count). The third-order valence-electron chi connectivity index (χ3n) is 5.16. The van der Waals surface area contributed by atoms with Crippen molar-refractivity contribution >= 4 is 28.4 Å². The molecule has 1 fully saturated rings. The number of carbonyl (C=O) groups excluding carboxylic acids is 1. The average Bonchev–Trinajstić information content (AvgIpc) is 3.29. The molecule has 0 saturated heterocycles. The summed E-state index contributed by atoms with van der Waals surface area (Å²) in [7, 11) is 0. The summed E-state index contributed by atoms with van der Waals surface area (Å²) in [5.74, 6) is 0.0239. The summed E-state index contributed by atoms with van der Waals surface area (Å²) in [6.07, 6.45) is 4.54. The van der Waals surface area contributed by atoms with E-state index < -0.39 is 0 Å². The lowest BCUT2D eigenvalue weighted by Gasteiger charge is -2.17. The first kappa shape index (κ1) is 17.1.